The Hall–Kier alpha value is -2.76. The van der Waals surface area contributed by atoms with Crippen LogP contribution in [0.2, 0.25) is 0 Å². The molecule has 21 heavy (non-hydrogen) atoms. The molecule has 0 aliphatic heterocycles. The summed E-state index contributed by atoms with van der Waals surface area (Å²) in [7, 11) is 1.71. The third-order valence-electron chi connectivity index (χ3n) is 3.16. The Bertz CT molecular complexity index is 646. The van der Waals surface area contributed by atoms with Crippen molar-refractivity contribution in [2.24, 2.45) is 7.05 Å². The summed E-state index contributed by atoms with van der Waals surface area (Å²) < 4.78 is 1.62. The molecular formula is C15H16N2O4. The number of nitrogens with one attached hydrogen (secondary N) is 1. The molecule has 3 N–H and O–H groups in total. The summed E-state index contributed by atoms with van der Waals surface area (Å²) in [6.45, 7) is 0. The number of nitrogens with zero attached hydrogens (tertiary/aromatic N) is 1. The predicted molar refractivity (Wildman–Crippen MR) is 76.1 cm³/mol. The van der Waals surface area contributed by atoms with Gasteiger partial charge in [0.1, 0.15) is 17.5 Å². The van der Waals surface area contributed by atoms with Crippen molar-refractivity contribution < 1.29 is 19.8 Å². The quantitative estimate of drug-likeness (QED) is 0.770. The van der Waals surface area contributed by atoms with E-state index in [0.29, 0.717) is 11.3 Å². The van der Waals surface area contributed by atoms with Crippen LogP contribution < -0.4 is 5.32 Å². The Kier molecular flexibility index (Phi) is 4.27. The van der Waals surface area contributed by atoms with Crippen LogP contribution in [0.1, 0.15) is 16.1 Å². The summed E-state index contributed by atoms with van der Waals surface area (Å²) in [5, 5.41) is 20.9. The summed E-state index contributed by atoms with van der Waals surface area (Å²) in [5.74, 6) is -1.43. The number of hydrogen-bond acceptors (Lipinski definition) is 3. The van der Waals surface area contributed by atoms with Crippen LogP contribution in [0.15, 0.2) is 42.6 Å². The molecule has 0 spiro atoms. The van der Waals surface area contributed by atoms with E-state index in [0.717, 1.165) is 0 Å². The van der Waals surface area contributed by atoms with E-state index in [2.05, 4.69) is 5.32 Å². The number of phenols is 1. The van der Waals surface area contributed by atoms with E-state index in [4.69, 9.17) is 0 Å². The molecule has 2 rings (SSSR count). The minimum absolute atomic E-state index is 0.110. The first-order valence-electron chi connectivity index (χ1n) is 6.40. The van der Waals surface area contributed by atoms with Gasteiger partial charge >= 0.3 is 5.97 Å². The van der Waals surface area contributed by atoms with Gasteiger partial charge in [0.25, 0.3) is 5.91 Å². The smallest absolute Gasteiger partial charge is 0.326 e. The van der Waals surface area contributed by atoms with Gasteiger partial charge in [0.2, 0.25) is 0 Å². The van der Waals surface area contributed by atoms with E-state index in [1.54, 1.807) is 42.1 Å². The van der Waals surface area contributed by atoms with Gasteiger partial charge in [-0.1, -0.05) is 12.1 Å². The second-order valence-corrected chi connectivity index (χ2v) is 4.74. The lowest BCUT2D eigenvalue weighted by atomic mass is 10.1. The van der Waals surface area contributed by atoms with Crippen molar-refractivity contribution >= 4 is 11.9 Å². The highest BCUT2D eigenvalue weighted by Gasteiger charge is 2.22. The molecule has 2 aromatic rings. The molecule has 0 saturated carbocycles. The van der Waals surface area contributed by atoms with Gasteiger partial charge in [0.15, 0.2) is 0 Å². The largest absolute Gasteiger partial charge is 0.508 e. The van der Waals surface area contributed by atoms with Crippen molar-refractivity contribution in [3.8, 4) is 5.75 Å². The van der Waals surface area contributed by atoms with E-state index < -0.39 is 17.9 Å². The molecule has 0 aliphatic carbocycles. The lowest BCUT2D eigenvalue weighted by Gasteiger charge is -2.15. The molecule has 0 bridgehead atoms. The van der Waals surface area contributed by atoms with Crippen LogP contribution in [0.3, 0.4) is 0 Å². The number of phenolic OH excluding ortho intramolecular Hbond substituents is 1. The number of amides is 1. The summed E-state index contributed by atoms with van der Waals surface area (Å²) in [6, 6.07) is 8.51. The molecule has 0 radical (unpaired) electrons. The molecule has 110 valence electrons. The molecule has 1 amide bonds. The van der Waals surface area contributed by atoms with Gasteiger partial charge < -0.3 is 20.1 Å². The lowest BCUT2D eigenvalue weighted by Crippen LogP contribution is -2.42. The van der Waals surface area contributed by atoms with Crippen molar-refractivity contribution in [1.29, 1.82) is 0 Å². The van der Waals surface area contributed by atoms with Crippen molar-refractivity contribution in [3.05, 3.63) is 53.9 Å². The summed E-state index contributed by atoms with van der Waals surface area (Å²) in [4.78, 5) is 23.3. The minimum Gasteiger partial charge on any atom is -0.508 e. The highest BCUT2D eigenvalue weighted by atomic mass is 16.4. The molecule has 1 unspecified atom stereocenters. The standard InChI is InChI=1S/C15H16N2O4/c1-17-8-2-3-13(17)14(19)16-12(15(20)21)9-10-4-6-11(18)7-5-10/h2-8,12,18H,9H2,1H3,(H,16,19)(H,20,21). The van der Waals surface area contributed by atoms with Crippen LogP contribution in [0.25, 0.3) is 0 Å². The van der Waals surface area contributed by atoms with Crippen molar-refractivity contribution in [2.75, 3.05) is 0 Å². The number of carboxylic acids is 1. The number of aliphatic carboxylic acids is 1. The molecule has 1 heterocycles. The number of carboxylic acid groups (broad SMARTS) is 1. The fourth-order valence-corrected chi connectivity index (χ4v) is 2.00. The molecule has 0 aliphatic rings. The third kappa shape index (κ3) is 3.62. The second-order valence-electron chi connectivity index (χ2n) is 4.74. The molecule has 1 aromatic carbocycles. The van der Waals surface area contributed by atoms with E-state index in [1.165, 1.54) is 12.1 Å². The number of carbonyl (C=O) groups is 2. The van der Waals surface area contributed by atoms with Crippen molar-refractivity contribution in [1.82, 2.24) is 9.88 Å². The average molecular weight is 288 g/mol. The van der Waals surface area contributed by atoms with Gasteiger partial charge in [-0.25, -0.2) is 4.79 Å². The number of carbonyl (C=O) groups excluding carboxylic acids is 1. The van der Waals surface area contributed by atoms with Crippen LogP contribution in [0.4, 0.5) is 0 Å². The van der Waals surface area contributed by atoms with Gasteiger partial charge in [0.05, 0.1) is 0 Å². The highest BCUT2D eigenvalue weighted by molar-refractivity contribution is 5.95. The number of aromatic nitrogens is 1. The average Bonchev–Trinajstić information content (AvgIpc) is 2.86. The predicted octanol–water partition coefficient (Wildman–Crippen LogP) is 1.16. The Labute approximate surface area is 121 Å². The highest BCUT2D eigenvalue weighted by Crippen LogP contribution is 2.12. The Balaban J connectivity index is 2.09. The number of hydrogen-bond donors (Lipinski definition) is 3. The van der Waals surface area contributed by atoms with Gasteiger partial charge in [-0.05, 0) is 29.8 Å². The van der Waals surface area contributed by atoms with Crippen molar-refractivity contribution in [2.45, 2.75) is 12.5 Å². The van der Waals surface area contributed by atoms with Gasteiger partial charge in [-0.2, -0.15) is 0 Å². The van der Waals surface area contributed by atoms with Gasteiger partial charge in [0, 0.05) is 19.7 Å². The maximum Gasteiger partial charge on any atom is 0.326 e. The zero-order valence-electron chi connectivity index (χ0n) is 11.5. The zero-order valence-corrected chi connectivity index (χ0v) is 11.5. The zero-order chi connectivity index (χ0) is 15.4. The van der Waals surface area contributed by atoms with Crippen LogP contribution in [-0.4, -0.2) is 32.7 Å². The Morgan fingerprint density at radius 2 is 1.90 bits per heavy atom. The monoisotopic (exact) mass is 288 g/mol. The first kappa shape index (κ1) is 14.6. The van der Waals surface area contributed by atoms with Gasteiger partial charge in [-0.3, -0.25) is 4.79 Å². The normalized spacial score (nSPS) is 11.9. The van der Waals surface area contributed by atoms with Crippen LogP contribution >= 0.6 is 0 Å². The van der Waals surface area contributed by atoms with Crippen molar-refractivity contribution in [3.63, 3.8) is 0 Å². The molecule has 6 nitrogen and oxygen atoms in total. The van der Waals surface area contributed by atoms with Crippen LogP contribution in [0.5, 0.6) is 5.75 Å². The molecular weight excluding hydrogens is 272 g/mol. The minimum atomic E-state index is -1.11. The van der Waals surface area contributed by atoms with E-state index in [-0.39, 0.29) is 12.2 Å². The summed E-state index contributed by atoms with van der Waals surface area (Å²) in [5.41, 5.74) is 1.11. The first-order chi connectivity index (χ1) is 9.97. The molecule has 1 atom stereocenters. The fourth-order valence-electron chi connectivity index (χ4n) is 2.00. The Morgan fingerprint density at radius 1 is 1.24 bits per heavy atom. The summed E-state index contributed by atoms with van der Waals surface area (Å²) >= 11 is 0. The number of aryl methyl sites for hydroxylation is 1. The first-order valence-corrected chi connectivity index (χ1v) is 6.40. The molecule has 1 aromatic heterocycles. The SMILES string of the molecule is Cn1cccc1C(=O)NC(Cc1ccc(O)cc1)C(=O)O. The number of benzene rings is 1. The van der Waals surface area contributed by atoms with Crippen LogP contribution in [-0.2, 0) is 18.3 Å². The summed E-state index contributed by atoms with van der Waals surface area (Å²) in [6.07, 6.45) is 1.86. The molecule has 0 saturated heterocycles. The number of aromatic hydroxyl groups is 1. The van der Waals surface area contributed by atoms with Gasteiger partial charge in [-0.15, -0.1) is 0 Å². The van der Waals surface area contributed by atoms with E-state index in [9.17, 15) is 19.8 Å². The maximum atomic E-state index is 12.1. The molecule has 0 fully saturated rings. The topological polar surface area (TPSA) is 91.6 Å². The number of rotatable bonds is 5. The second kappa shape index (κ2) is 6.13. The third-order valence-corrected chi connectivity index (χ3v) is 3.16. The lowest BCUT2D eigenvalue weighted by molar-refractivity contribution is -0.139. The Morgan fingerprint density at radius 3 is 2.43 bits per heavy atom. The van der Waals surface area contributed by atoms with E-state index >= 15 is 0 Å². The maximum absolute atomic E-state index is 12.1. The van der Waals surface area contributed by atoms with E-state index in [1.807, 2.05) is 0 Å². The fraction of sp³-hybridized carbons (Fsp3) is 0.200. The molecule has 6 heteroatoms. The van der Waals surface area contributed by atoms with Crippen LogP contribution in [0, 0.1) is 0 Å².